The number of carboxylic acids is 1. The van der Waals surface area contributed by atoms with Crippen LogP contribution >= 0.6 is 0 Å². The summed E-state index contributed by atoms with van der Waals surface area (Å²) < 4.78 is 0. The second-order valence-electron chi connectivity index (χ2n) is 4.78. The number of aliphatic hydroxyl groups is 1. The van der Waals surface area contributed by atoms with Crippen molar-refractivity contribution < 1.29 is 19.8 Å². The quantitative estimate of drug-likeness (QED) is 0.604. The van der Waals surface area contributed by atoms with Gasteiger partial charge < -0.3 is 15.5 Å². The molecule has 0 radical (unpaired) electrons. The smallest absolute Gasteiger partial charge is 0.303 e. The third-order valence-electron chi connectivity index (χ3n) is 2.27. The molecule has 16 heavy (non-hydrogen) atoms. The maximum absolute atomic E-state index is 11.4. The number of carboxylic acid groups (broad SMARTS) is 1. The highest BCUT2D eigenvalue weighted by Crippen LogP contribution is 2.24. The van der Waals surface area contributed by atoms with E-state index in [1.807, 2.05) is 6.92 Å². The monoisotopic (exact) mass is 231 g/mol. The summed E-state index contributed by atoms with van der Waals surface area (Å²) in [5.41, 5.74) is -0.562. The first-order valence-corrected chi connectivity index (χ1v) is 5.43. The summed E-state index contributed by atoms with van der Waals surface area (Å²) in [7, 11) is 0. The summed E-state index contributed by atoms with van der Waals surface area (Å²) in [6, 6.07) is 0. The highest BCUT2D eigenvalue weighted by Gasteiger charge is 2.25. The van der Waals surface area contributed by atoms with E-state index in [2.05, 4.69) is 5.32 Å². The van der Waals surface area contributed by atoms with E-state index in [0.29, 0.717) is 6.42 Å². The van der Waals surface area contributed by atoms with Crippen molar-refractivity contribution in [2.75, 3.05) is 6.54 Å². The van der Waals surface area contributed by atoms with E-state index in [9.17, 15) is 14.7 Å². The zero-order valence-corrected chi connectivity index (χ0v) is 10.1. The fourth-order valence-electron chi connectivity index (χ4n) is 1.35. The summed E-state index contributed by atoms with van der Waals surface area (Å²) in [6.07, 6.45) is 0.150. The lowest BCUT2D eigenvalue weighted by molar-refractivity contribution is -0.139. The molecular formula is C11H21NO4. The number of carbonyl (C=O) groups is 2. The number of hydrogen-bond donors (Lipinski definition) is 3. The first-order valence-electron chi connectivity index (χ1n) is 5.43. The van der Waals surface area contributed by atoms with Crippen molar-refractivity contribution in [3.05, 3.63) is 0 Å². The first-order chi connectivity index (χ1) is 7.26. The van der Waals surface area contributed by atoms with Crippen LogP contribution in [0.1, 0.15) is 40.0 Å². The Kier molecular flexibility index (Phi) is 6.03. The normalized spacial score (nSPS) is 13.2. The highest BCUT2D eigenvalue weighted by molar-refractivity contribution is 5.77. The number of amides is 1. The van der Waals surface area contributed by atoms with Crippen LogP contribution in [-0.2, 0) is 9.59 Å². The van der Waals surface area contributed by atoms with Gasteiger partial charge in [0.05, 0.1) is 12.5 Å². The van der Waals surface area contributed by atoms with Crippen LogP contribution in [0.25, 0.3) is 0 Å². The minimum atomic E-state index is -0.911. The van der Waals surface area contributed by atoms with Crippen LogP contribution in [0.2, 0.25) is 0 Å². The zero-order chi connectivity index (χ0) is 12.8. The molecule has 1 unspecified atom stereocenters. The summed E-state index contributed by atoms with van der Waals surface area (Å²) in [5, 5.41) is 20.5. The topological polar surface area (TPSA) is 86.6 Å². The molecule has 0 bridgehead atoms. The number of nitrogens with one attached hydrogen (secondary N) is 1. The molecule has 94 valence electrons. The summed E-state index contributed by atoms with van der Waals surface area (Å²) >= 11 is 0. The van der Waals surface area contributed by atoms with E-state index in [1.54, 1.807) is 13.8 Å². The van der Waals surface area contributed by atoms with Gasteiger partial charge in [-0.15, -0.1) is 0 Å². The van der Waals surface area contributed by atoms with Gasteiger partial charge in [-0.2, -0.15) is 0 Å². The van der Waals surface area contributed by atoms with Crippen molar-refractivity contribution >= 4 is 11.9 Å². The third-order valence-corrected chi connectivity index (χ3v) is 2.27. The molecule has 0 fully saturated rings. The Bertz CT molecular complexity index is 250. The summed E-state index contributed by atoms with van der Waals surface area (Å²) in [5.74, 6) is -1.13. The molecule has 3 N–H and O–H groups in total. The van der Waals surface area contributed by atoms with Crippen LogP contribution in [0.15, 0.2) is 0 Å². The Balaban J connectivity index is 3.98. The van der Waals surface area contributed by atoms with Gasteiger partial charge in [0.2, 0.25) is 5.91 Å². The molecule has 0 aromatic carbocycles. The van der Waals surface area contributed by atoms with Crippen LogP contribution in [0, 0.1) is 5.41 Å². The van der Waals surface area contributed by atoms with Gasteiger partial charge >= 0.3 is 5.97 Å². The van der Waals surface area contributed by atoms with E-state index < -0.39 is 17.5 Å². The fraction of sp³-hybridized carbons (Fsp3) is 0.818. The molecule has 0 aliphatic rings. The van der Waals surface area contributed by atoms with Gasteiger partial charge in [-0.3, -0.25) is 9.59 Å². The van der Waals surface area contributed by atoms with Gasteiger partial charge in [0, 0.05) is 13.0 Å². The Morgan fingerprint density at radius 1 is 1.31 bits per heavy atom. The molecule has 1 amide bonds. The van der Waals surface area contributed by atoms with Gasteiger partial charge in [0.1, 0.15) is 0 Å². The molecule has 5 nitrogen and oxygen atoms in total. The van der Waals surface area contributed by atoms with Gasteiger partial charge in [0.25, 0.3) is 0 Å². The zero-order valence-electron chi connectivity index (χ0n) is 10.1. The second kappa shape index (κ2) is 6.48. The molecule has 0 aliphatic carbocycles. The molecule has 0 aromatic rings. The SMILES string of the molecule is CCC(O)CNC(=O)CC(C)(C)CC(=O)O. The fourth-order valence-corrected chi connectivity index (χ4v) is 1.35. The van der Waals surface area contributed by atoms with Crippen LogP contribution in [0.4, 0.5) is 0 Å². The number of rotatable bonds is 7. The minimum absolute atomic E-state index is 0.0449. The lowest BCUT2D eigenvalue weighted by atomic mass is 9.85. The average Bonchev–Trinajstić information content (AvgIpc) is 2.11. The van der Waals surface area contributed by atoms with Crippen molar-refractivity contribution in [1.82, 2.24) is 5.32 Å². The minimum Gasteiger partial charge on any atom is -0.481 e. The van der Waals surface area contributed by atoms with E-state index in [-0.39, 0.29) is 25.3 Å². The summed E-state index contributed by atoms with van der Waals surface area (Å²) in [4.78, 5) is 22.0. The first kappa shape index (κ1) is 14.9. The van der Waals surface area contributed by atoms with Crippen LogP contribution in [0.3, 0.4) is 0 Å². The Morgan fingerprint density at radius 3 is 2.31 bits per heavy atom. The van der Waals surface area contributed by atoms with E-state index in [4.69, 9.17) is 5.11 Å². The molecule has 5 heteroatoms. The van der Waals surface area contributed by atoms with Crippen molar-refractivity contribution in [2.45, 2.75) is 46.1 Å². The van der Waals surface area contributed by atoms with E-state index in [0.717, 1.165) is 0 Å². The Labute approximate surface area is 95.9 Å². The van der Waals surface area contributed by atoms with Crippen LogP contribution in [-0.4, -0.2) is 34.7 Å². The molecule has 0 saturated carbocycles. The third kappa shape index (κ3) is 7.23. The van der Waals surface area contributed by atoms with Crippen molar-refractivity contribution in [2.24, 2.45) is 5.41 Å². The number of aliphatic hydroxyl groups excluding tert-OH is 1. The second-order valence-corrected chi connectivity index (χ2v) is 4.78. The maximum atomic E-state index is 11.4. The molecule has 0 spiro atoms. The molecule has 0 rings (SSSR count). The largest absolute Gasteiger partial charge is 0.481 e. The van der Waals surface area contributed by atoms with Gasteiger partial charge in [-0.25, -0.2) is 0 Å². The number of carbonyl (C=O) groups excluding carboxylic acids is 1. The van der Waals surface area contributed by atoms with Gasteiger partial charge in [-0.05, 0) is 11.8 Å². The number of aliphatic carboxylic acids is 1. The molecular weight excluding hydrogens is 210 g/mol. The standard InChI is InChI=1S/C11H21NO4/c1-4-8(13)7-12-9(14)5-11(2,3)6-10(15)16/h8,13H,4-7H2,1-3H3,(H,12,14)(H,15,16). The molecule has 1 atom stereocenters. The van der Waals surface area contributed by atoms with Crippen molar-refractivity contribution in [3.63, 3.8) is 0 Å². The van der Waals surface area contributed by atoms with Gasteiger partial charge in [-0.1, -0.05) is 20.8 Å². The molecule has 0 aromatic heterocycles. The maximum Gasteiger partial charge on any atom is 0.303 e. The number of hydrogen-bond acceptors (Lipinski definition) is 3. The average molecular weight is 231 g/mol. The Hall–Kier alpha value is -1.10. The van der Waals surface area contributed by atoms with Crippen molar-refractivity contribution in [1.29, 1.82) is 0 Å². The molecule has 0 aliphatic heterocycles. The predicted octanol–water partition coefficient (Wildman–Crippen LogP) is 0.764. The van der Waals surface area contributed by atoms with Crippen LogP contribution in [0.5, 0.6) is 0 Å². The van der Waals surface area contributed by atoms with Gasteiger partial charge in [0.15, 0.2) is 0 Å². The lowest BCUT2D eigenvalue weighted by Crippen LogP contribution is -2.35. The van der Waals surface area contributed by atoms with Crippen molar-refractivity contribution in [3.8, 4) is 0 Å². The van der Waals surface area contributed by atoms with Crippen LogP contribution < -0.4 is 5.32 Å². The van der Waals surface area contributed by atoms with E-state index in [1.165, 1.54) is 0 Å². The lowest BCUT2D eigenvalue weighted by Gasteiger charge is -2.21. The highest BCUT2D eigenvalue weighted by atomic mass is 16.4. The molecule has 0 heterocycles. The Morgan fingerprint density at radius 2 is 1.88 bits per heavy atom. The summed E-state index contributed by atoms with van der Waals surface area (Å²) in [6.45, 7) is 5.51. The molecule has 0 saturated heterocycles. The predicted molar refractivity (Wildman–Crippen MR) is 60.0 cm³/mol. The van der Waals surface area contributed by atoms with E-state index >= 15 is 0 Å².